The van der Waals surface area contributed by atoms with Crippen LogP contribution in [0.1, 0.15) is 31.9 Å². The smallest absolute Gasteiger partial charge is 0.407 e. The fraction of sp³-hybridized carbons (Fsp3) is 0.462. The first-order valence-corrected chi connectivity index (χ1v) is 5.71. The van der Waals surface area contributed by atoms with Crippen molar-refractivity contribution in [3.63, 3.8) is 0 Å². The van der Waals surface area contributed by atoms with E-state index in [1.54, 1.807) is 39.8 Å². The zero-order valence-corrected chi connectivity index (χ0v) is 11.1. The van der Waals surface area contributed by atoms with Gasteiger partial charge in [0, 0.05) is 6.54 Å². The van der Waals surface area contributed by atoms with Crippen LogP contribution in [0, 0.1) is 11.8 Å². The molecular weight excluding hydrogens is 232 g/mol. The van der Waals surface area contributed by atoms with Gasteiger partial charge in [-0.25, -0.2) is 4.79 Å². The van der Waals surface area contributed by atoms with Gasteiger partial charge in [-0.1, -0.05) is 12.1 Å². The first-order valence-electron chi connectivity index (χ1n) is 5.71. The Morgan fingerprint density at radius 3 is 2.56 bits per heavy atom. The molecule has 5 nitrogen and oxygen atoms in total. The summed E-state index contributed by atoms with van der Waals surface area (Å²) in [5.41, 5.74) is 1.58. The van der Waals surface area contributed by atoms with Gasteiger partial charge in [0.1, 0.15) is 11.3 Å². The summed E-state index contributed by atoms with van der Waals surface area (Å²) in [4.78, 5) is 21.9. The van der Waals surface area contributed by atoms with Crippen molar-refractivity contribution in [2.24, 2.45) is 5.18 Å². The average molecular weight is 250 g/mol. The Balaban J connectivity index is 2.56. The maximum atomic E-state index is 11.4. The number of hydrogen-bond acceptors (Lipinski definition) is 4. The Kier molecular flexibility index (Phi) is 4.42. The lowest BCUT2D eigenvalue weighted by molar-refractivity contribution is 0.0523. The molecule has 0 unspecified atom stereocenters. The highest BCUT2D eigenvalue weighted by Crippen LogP contribution is 2.19. The fourth-order valence-corrected chi connectivity index (χ4v) is 1.42. The molecule has 1 N–H and O–H groups in total. The minimum absolute atomic E-state index is 0.356. The van der Waals surface area contributed by atoms with Crippen LogP contribution in [0.3, 0.4) is 0 Å². The lowest BCUT2D eigenvalue weighted by atomic mass is 10.1. The number of carbonyl (C=O) groups is 1. The molecule has 0 aliphatic carbocycles. The van der Waals surface area contributed by atoms with Crippen molar-refractivity contribution in [3.05, 3.63) is 34.2 Å². The number of ether oxygens (including phenoxy) is 1. The van der Waals surface area contributed by atoms with Crippen molar-refractivity contribution in [1.82, 2.24) is 5.32 Å². The van der Waals surface area contributed by atoms with Gasteiger partial charge in [0.05, 0.1) is 0 Å². The third-order valence-corrected chi connectivity index (χ3v) is 2.20. The van der Waals surface area contributed by atoms with E-state index in [4.69, 9.17) is 4.74 Å². The van der Waals surface area contributed by atoms with Crippen molar-refractivity contribution >= 4 is 11.8 Å². The largest absolute Gasteiger partial charge is 0.444 e. The molecule has 0 saturated heterocycles. The molecule has 0 saturated carbocycles. The summed E-state index contributed by atoms with van der Waals surface area (Å²) in [6.45, 7) is 7.58. The highest BCUT2D eigenvalue weighted by Gasteiger charge is 2.15. The normalized spacial score (nSPS) is 10.9. The van der Waals surface area contributed by atoms with E-state index in [0.717, 1.165) is 11.1 Å². The zero-order chi connectivity index (χ0) is 13.8. The molecular formula is C13H18N2O3. The van der Waals surface area contributed by atoms with Crippen LogP contribution in [0.25, 0.3) is 0 Å². The summed E-state index contributed by atoms with van der Waals surface area (Å²) in [6, 6.07) is 5.20. The molecule has 0 aliphatic rings. The molecule has 0 aliphatic heterocycles. The van der Waals surface area contributed by atoms with Gasteiger partial charge in [-0.05, 0) is 50.1 Å². The zero-order valence-electron chi connectivity index (χ0n) is 11.1. The predicted molar refractivity (Wildman–Crippen MR) is 69.7 cm³/mol. The molecule has 0 spiro atoms. The Morgan fingerprint density at radius 2 is 2.06 bits per heavy atom. The highest BCUT2D eigenvalue weighted by atomic mass is 16.6. The maximum absolute atomic E-state index is 11.4. The number of nitrogens with one attached hydrogen (secondary N) is 1. The monoisotopic (exact) mass is 250 g/mol. The average Bonchev–Trinajstić information content (AvgIpc) is 2.24. The van der Waals surface area contributed by atoms with E-state index in [9.17, 15) is 9.70 Å². The van der Waals surface area contributed by atoms with Gasteiger partial charge in [-0.15, -0.1) is 4.91 Å². The maximum Gasteiger partial charge on any atom is 0.407 e. The van der Waals surface area contributed by atoms with Crippen molar-refractivity contribution in [3.8, 4) is 0 Å². The number of alkyl carbamates (subject to hydrolysis) is 1. The lowest BCUT2D eigenvalue weighted by Gasteiger charge is -2.19. The van der Waals surface area contributed by atoms with Gasteiger partial charge in [0.25, 0.3) is 0 Å². The minimum atomic E-state index is -0.509. The summed E-state index contributed by atoms with van der Waals surface area (Å²) < 4.78 is 5.12. The standard InChI is InChI=1S/C13H18N2O3/c1-9-7-10(5-6-11(9)15-17)8-14-12(16)18-13(2,3)4/h5-7H,8H2,1-4H3,(H,14,16). The van der Waals surface area contributed by atoms with Crippen LogP contribution < -0.4 is 5.32 Å². The quantitative estimate of drug-likeness (QED) is 0.836. The highest BCUT2D eigenvalue weighted by molar-refractivity contribution is 5.67. The molecule has 1 amide bonds. The van der Waals surface area contributed by atoms with E-state index < -0.39 is 11.7 Å². The minimum Gasteiger partial charge on any atom is -0.444 e. The van der Waals surface area contributed by atoms with Crippen LogP contribution >= 0.6 is 0 Å². The number of rotatable bonds is 3. The molecule has 1 rings (SSSR count). The number of aryl methyl sites for hydroxylation is 1. The first kappa shape index (κ1) is 14.2. The molecule has 0 bridgehead atoms. The number of amides is 1. The molecule has 0 heterocycles. The number of hydrogen-bond donors (Lipinski definition) is 1. The first-order chi connectivity index (χ1) is 8.31. The molecule has 1 aromatic rings. The van der Waals surface area contributed by atoms with Crippen molar-refractivity contribution in [2.75, 3.05) is 0 Å². The van der Waals surface area contributed by atoms with Crippen molar-refractivity contribution < 1.29 is 9.53 Å². The van der Waals surface area contributed by atoms with E-state index >= 15 is 0 Å². The summed E-state index contributed by atoms with van der Waals surface area (Å²) in [5.74, 6) is 0. The second-order valence-electron chi connectivity index (χ2n) is 5.07. The summed E-state index contributed by atoms with van der Waals surface area (Å²) in [5, 5.41) is 5.54. The molecule has 98 valence electrons. The summed E-state index contributed by atoms with van der Waals surface area (Å²) in [7, 11) is 0. The SMILES string of the molecule is Cc1cc(CNC(=O)OC(C)(C)C)ccc1N=O. The number of nitrogens with zero attached hydrogens (tertiary/aromatic N) is 1. The van der Waals surface area contributed by atoms with E-state index in [-0.39, 0.29) is 0 Å². The van der Waals surface area contributed by atoms with Gasteiger partial charge in [-0.2, -0.15) is 0 Å². The molecule has 1 aromatic carbocycles. The molecule has 0 aromatic heterocycles. The number of benzene rings is 1. The van der Waals surface area contributed by atoms with Crippen LogP contribution in [0.15, 0.2) is 23.4 Å². The summed E-state index contributed by atoms with van der Waals surface area (Å²) in [6.07, 6.45) is -0.460. The van der Waals surface area contributed by atoms with Crippen molar-refractivity contribution in [2.45, 2.75) is 39.8 Å². The Bertz CT molecular complexity index is 450. The van der Waals surface area contributed by atoms with E-state index in [0.29, 0.717) is 12.2 Å². The number of nitroso groups, excluding NO2 is 1. The molecule has 18 heavy (non-hydrogen) atoms. The van der Waals surface area contributed by atoms with Crippen LogP contribution in [0.2, 0.25) is 0 Å². The van der Waals surface area contributed by atoms with Gasteiger partial charge < -0.3 is 10.1 Å². The van der Waals surface area contributed by atoms with Gasteiger partial charge in [0.2, 0.25) is 0 Å². The van der Waals surface area contributed by atoms with E-state index in [1.807, 2.05) is 6.07 Å². The van der Waals surface area contributed by atoms with Crippen LogP contribution in [0.5, 0.6) is 0 Å². The second kappa shape index (κ2) is 5.62. The van der Waals surface area contributed by atoms with Crippen LogP contribution in [0.4, 0.5) is 10.5 Å². The van der Waals surface area contributed by atoms with Crippen LogP contribution in [-0.4, -0.2) is 11.7 Å². The Labute approximate surface area is 107 Å². The van der Waals surface area contributed by atoms with E-state index in [2.05, 4.69) is 10.5 Å². The topological polar surface area (TPSA) is 67.8 Å². The molecule has 0 atom stereocenters. The predicted octanol–water partition coefficient (Wildman–Crippen LogP) is 3.42. The third-order valence-electron chi connectivity index (χ3n) is 2.20. The lowest BCUT2D eigenvalue weighted by Crippen LogP contribution is -2.32. The van der Waals surface area contributed by atoms with Crippen LogP contribution in [-0.2, 0) is 11.3 Å². The molecule has 5 heteroatoms. The second-order valence-corrected chi connectivity index (χ2v) is 5.07. The van der Waals surface area contributed by atoms with E-state index in [1.165, 1.54) is 0 Å². The van der Waals surface area contributed by atoms with Gasteiger partial charge >= 0.3 is 6.09 Å². The molecule has 0 radical (unpaired) electrons. The Morgan fingerprint density at radius 1 is 1.39 bits per heavy atom. The Hall–Kier alpha value is -1.91. The third kappa shape index (κ3) is 4.53. The van der Waals surface area contributed by atoms with Gasteiger partial charge in [0.15, 0.2) is 0 Å². The van der Waals surface area contributed by atoms with Crippen molar-refractivity contribution in [1.29, 1.82) is 0 Å². The number of carbonyl (C=O) groups excluding carboxylic acids is 1. The fourth-order valence-electron chi connectivity index (χ4n) is 1.42. The summed E-state index contributed by atoms with van der Waals surface area (Å²) >= 11 is 0. The van der Waals surface area contributed by atoms with Gasteiger partial charge in [-0.3, -0.25) is 0 Å². The molecule has 0 fully saturated rings.